The number of rotatable bonds is 5. The summed E-state index contributed by atoms with van der Waals surface area (Å²) in [7, 11) is 0. The smallest absolute Gasteiger partial charge is 0.335 e. The van der Waals surface area contributed by atoms with Crippen molar-refractivity contribution in [2.75, 3.05) is 5.32 Å². The summed E-state index contributed by atoms with van der Waals surface area (Å²) in [6.07, 6.45) is 2.95. The second kappa shape index (κ2) is 7.17. The van der Waals surface area contributed by atoms with Crippen LogP contribution in [0.2, 0.25) is 0 Å². The Morgan fingerprint density at radius 3 is 2.30 bits per heavy atom. The molecule has 0 radical (unpaired) electrons. The summed E-state index contributed by atoms with van der Waals surface area (Å²) in [5.41, 5.74) is 1.89. The molecule has 0 aliphatic heterocycles. The lowest BCUT2D eigenvalue weighted by atomic mass is 10.1. The molecule has 0 unspecified atom stereocenters. The van der Waals surface area contributed by atoms with E-state index in [4.69, 9.17) is 5.11 Å². The van der Waals surface area contributed by atoms with Crippen molar-refractivity contribution in [1.29, 1.82) is 0 Å². The number of aromatic carboxylic acids is 1. The first-order chi connectivity index (χ1) is 11.0. The number of carboxylic acid groups (broad SMARTS) is 1. The molecule has 0 atom stereocenters. The Balaban J connectivity index is 2.10. The number of hydrogen-bond acceptors (Lipinski definition) is 3. The predicted molar refractivity (Wildman–Crippen MR) is 87.5 cm³/mol. The Morgan fingerprint density at radius 1 is 1.00 bits per heavy atom. The van der Waals surface area contributed by atoms with E-state index in [2.05, 4.69) is 5.32 Å². The number of carbonyl (C=O) groups excluding carboxylic acids is 2. The van der Waals surface area contributed by atoms with Crippen LogP contribution in [0, 0.1) is 0 Å². The summed E-state index contributed by atoms with van der Waals surface area (Å²) in [5.74, 6) is -1.40. The van der Waals surface area contributed by atoms with Gasteiger partial charge >= 0.3 is 5.97 Å². The summed E-state index contributed by atoms with van der Waals surface area (Å²) >= 11 is 0. The summed E-state index contributed by atoms with van der Waals surface area (Å²) in [6.45, 7) is 1.41. The van der Waals surface area contributed by atoms with Crippen molar-refractivity contribution in [3.05, 3.63) is 71.3 Å². The van der Waals surface area contributed by atoms with Gasteiger partial charge in [0.1, 0.15) is 0 Å². The molecule has 2 rings (SSSR count). The maximum Gasteiger partial charge on any atom is 0.335 e. The molecule has 23 heavy (non-hydrogen) atoms. The largest absolute Gasteiger partial charge is 0.478 e. The average Bonchev–Trinajstić information content (AvgIpc) is 2.53. The second-order valence-corrected chi connectivity index (χ2v) is 4.89. The number of amides is 1. The van der Waals surface area contributed by atoms with Gasteiger partial charge < -0.3 is 10.4 Å². The Kier molecular flexibility index (Phi) is 5.04. The zero-order valence-electron chi connectivity index (χ0n) is 12.4. The molecule has 0 saturated carbocycles. The maximum absolute atomic E-state index is 12.1. The summed E-state index contributed by atoms with van der Waals surface area (Å²) < 4.78 is 0. The number of carbonyl (C=O) groups is 3. The van der Waals surface area contributed by atoms with Gasteiger partial charge in [-0.25, -0.2) is 4.79 Å². The van der Waals surface area contributed by atoms with Gasteiger partial charge in [-0.05, 0) is 48.0 Å². The van der Waals surface area contributed by atoms with E-state index in [-0.39, 0.29) is 17.3 Å². The van der Waals surface area contributed by atoms with Gasteiger partial charge in [-0.15, -0.1) is 0 Å². The fourth-order valence-corrected chi connectivity index (χ4v) is 1.96. The van der Waals surface area contributed by atoms with Crippen LogP contribution in [0.1, 0.15) is 33.2 Å². The molecule has 5 heteroatoms. The topological polar surface area (TPSA) is 83.5 Å². The molecule has 5 nitrogen and oxygen atoms in total. The lowest BCUT2D eigenvalue weighted by Crippen LogP contribution is -2.05. The van der Waals surface area contributed by atoms with Crippen molar-refractivity contribution in [2.45, 2.75) is 6.92 Å². The number of allylic oxidation sites excluding steroid dienone is 1. The van der Waals surface area contributed by atoms with E-state index in [0.717, 1.165) is 0 Å². The summed E-state index contributed by atoms with van der Waals surface area (Å²) in [4.78, 5) is 33.9. The molecule has 0 saturated heterocycles. The van der Waals surface area contributed by atoms with Crippen molar-refractivity contribution in [1.82, 2.24) is 0 Å². The number of hydrogen-bond donors (Lipinski definition) is 2. The van der Waals surface area contributed by atoms with Gasteiger partial charge in [0.2, 0.25) is 5.91 Å². The molecular weight excluding hydrogens is 294 g/mol. The molecule has 0 bridgehead atoms. The zero-order chi connectivity index (χ0) is 16.8. The first-order valence-electron chi connectivity index (χ1n) is 6.89. The Labute approximate surface area is 133 Å². The number of ketones is 1. The predicted octanol–water partition coefficient (Wildman–Crippen LogP) is 3.24. The third-order valence-corrected chi connectivity index (χ3v) is 3.05. The summed E-state index contributed by atoms with van der Waals surface area (Å²) in [6, 6.07) is 12.8. The molecule has 2 aromatic rings. The molecule has 1 amide bonds. The molecule has 0 fully saturated rings. The van der Waals surface area contributed by atoms with Gasteiger partial charge in [0, 0.05) is 18.2 Å². The van der Waals surface area contributed by atoms with Crippen molar-refractivity contribution in [3.63, 3.8) is 0 Å². The van der Waals surface area contributed by atoms with Gasteiger partial charge in [-0.3, -0.25) is 9.59 Å². The number of benzene rings is 2. The van der Waals surface area contributed by atoms with Crippen molar-refractivity contribution in [3.8, 4) is 0 Å². The van der Waals surface area contributed by atoms with Crippen LogP contribution in [0.5, 0.6) is 0 Å². The van der Waals surface area contributed by atoms with Gasteiger partial charge in [-0.2, -0.15) is 0 Å². The van der Waals surface area contributed by atoms with Crippen molar-refractivity contribution >= 4 is 29.4 Å². The van der Waals surface area contributed by atoms with E-state index in [1.807, 2.05) is 0 Å². The highest BCUT2D eigenvalue weighted by Gasteiger charge is 2.04. The average molecular weight is 309 g/mol. The number of anilines is 1. The van der Waals surface area contributed by atoms with Crippen LogP contribution in [0.3, 0.4) is 0 Å². The number of nitrogens with one attached hydrogen (secondary N) is 1. The standard InChI is InChI=1S/C18H15NO4/c1-12(20)19-16-8-6-14(7-9-16)17(21)10-5-13-3-2-4-15(11-13)18(22)23/h2-11H,1H3,(H,19,20)(H,22,23). The van der Waals surface area contributed by atoms with Crippen LogP contribution >= 0.6 is 0 Å². The van der Waals surface area contributed by atoms with Crippen LogP contribution in [0.15, 0.2) is 54.6 Å². The van der Waals surface area contributed by atoms with Crippen LogP contribution in [-0.4, -0.2) is 22.8 Å². The van der Waals surface area contributed by atoms with Crippen molar-refractivity contribution < 1.29 is 19.5 Å². The molecule has 0 heterocycles. The monoisotopic (exact) mass is 309 g/mol. The van der Waals surface area contributed by atoms with E-state index in [1.165, 1.54) is 25.1 Å². The highest BCUT2D eigenvalue weighted by Crippen LogP contribution is 2.12. The van der Waals surface area contributed by atoms with Gasteiger partial charge in [0.05, 0.1) is 5.56 Å². The maximum atomic E-state index is 12.1. The van der Waals surface area contributed by atoms with E-state index in [0.29, 0.717) is 16.8 Å². The molecule has 116 valence electrons. The minimum Gasteiger partial charge on any atom is -0.478 e. The van der Waals surface area contributed by atoms with E-state index >= 15 is 0 Å². The zero-order valence-corrected chi connectivity index (χ0v) is 12.4. The van der Waals surface area contributed by atoms with Crippen LogP contribution in [0.25, 0.3) is 6.08 Å². The van der Waals surface area contributed by atoms with E-state index in [1.54, 1.807) is 42.5 Å². The molecule has 2 aromatic carbocycles. The van der Waals surface area contributed by atoms with Gasteiger partial charge in [-0.1, -0.05) is 18.2 Å². The lowest BCUT2D eigenvalue weighted by molar-refractivity contribution is -0.114. The minimum atomic E-state index is -1.01. The van der Waals surface area contributed by atoms with Crippen molar-refractivity contribution in [2.24, 2.45) is 0 Å². The molecule has 0 spiro atoms. The Bertz CT molecular complexity index is 776. The molecule has 0 aliphatic carbocycles. The van der Waals surface area contributed by atoms with E-state index in [9.17, 15) is 14.4 Å². The SMILES string of the molecule is CC(=O)Nc1ccc(C(=O)C=Cc2cccc(C(=O)O)c2)cc1. The summed E-state index contributed by atoms with van der Waals surface area (Å²) in [5, 5.41) is 11.6. The molecule has 2 N–H and O–H groups in total. The van der Waals surface area contributed by atoms with E-state index < -0.39 is 5.97 Å². The van der Waals surface area contributed by atoms with Gasteiger partial charge in [0.25, 0.3) is 0 Å². The second-order valence-electron chi connectivity index (χ2n) is 4.89. The first kappa shape index (κ1) is 16.2. The van der Waals surface area contributed by atoms with Crippen LogP contribution < -0.4 is 5.32 Å². The van der Waals surface area contributed by atoms with Gasteiger partial charge in [0.15, 0.2) is 5.78 Å². The first-order valence-corrected chi connectivity index (χ1v) is 6.89. The molecule has 0 aromatic heterocycles. The molecule has 0 aliphatic rings. The highest BCUT2D eigenvalue weighted by molar-refractivity contribution is 6.07. The third-order valence-electron chi connectivity index (χ3n) is 3.05. The van der Waals surface area contributed by atoms with Crippen LogP contribution in [-0.2, 0) is 4.79 Å². The quantitative estimate of drug-likeness (QED) is 0.656. The fraction of sp³-hybridized carbons (Fsp3) is 0.0556. The lowest BCUT2D eigenvalue weighted by Gasteiger charge is -2.02. The highest BCUT2D eigenvalue weighted by atomic mass is 16.4. The third kappa shape index (κ3) is 4.64. The molecular formula is C18H15NO4. The minimum absolute atomic E-state index is 0.166. The van der Waals surface area contributed by atoms with Crippen LogP contribution in [0.4, 0.5) is 5.69 Å². The normalized spacial score (nSPS) is 10.5. The fourth-order valence-electron chi connectivity index (χ4n) is 1.96. The Morgan fingerprint density at radius 2 is 1.70 bits per heavy atom. The number of carboxylic acids is 1. The Hall–Kier alpha value is -3.21.